The molecule has 0 aromatic heterocycles. The van der Waals surface area contributed by atoms with Gasteiger partial charge in [0.25, 0.3) is 5.69 Å². The minimum atomic E-state index is -0.432. The molecular weight excluding hydrogens is 448 g/mol. The third kappa shape index (κ3) is 6.32. The highest BCUT2D eigenvalue weighted by Gasteiger charge is 2.30. The third-order valence-corrected chi connectivity index (χ3v) is 5.95. The Balaban J connectivity index is 1.93. The Kier molecular flexibility index (Phi) is 8.73. The van der Waals surface area contributed by atoms with E-state index in [9.17, 15) is 19.7 Å². The SMILES string of the molecule is CCCOC(=O)CCC(=NOC(=O)CC(C)C)c1ccc2c(c1)C(CC)c1cc([N+](=O)[O-])ccc1-2. The van der Waals surface area contributed by atoms with Crippen molar-refractivity contribution in [2.45, 2.75) is 65.7 Å². The number of hydrogen-bond donors (Lipinski definition) is 0. The number of benzene rings is 2. The molecule has 35 heavy (non-hydrogen) atoms. The van der Waals surface area contributed by atoms with Crippen LogP contribution in [-0.4, -0.2) is 29.2 Å². The fourth-order valence-electron chi connectivity index (χ4n) is 4.31. The van der Waals surface area contributed by atoms with Crippen molar-refractivity contribution in [1.82, 2.24) is 0 Å². The molecule has 0 saturated heterocycles. The van der Waals surface area contributed by atoms with E-state index in [2.05, 4.69) is 5.16 Å². The molecule has 1 aliphatic rings. The second-order valence-corrected chi connectivity index (χ2v) is 9.11. The summed E-state index contributed by atoms with van der Waals surface area (Å²) in [7, 11) is 0. The minimum Gasteiger partial charge on any atom is -0.466 e. The van der Waals surface area contributed by atoms with Crippen LogP contribution in [0.5, 0.6) is 0 Å². The zero-order chi connectivity index (χ0) is 25.5. The number of carbonyl (C=O) groups excluding carboxylic acids is 2. The highest BCUT2D eigenvalue weighted by Crippen LogP contribution is 2.47. The lowest BCUT2D eigenvalue weighted by Crippen LogP contribution is -2.12. The summed E-state index contributed by atoms with van der Waals surface area (Å²) in [5, 5.41) is 15.4. The summed E-state index contributed by atoms with van der Waals surface area (Å²) in [5.41, 5.74) is 5.26. The van der Waals surface area contributed by atoms with Gasteiger partial charge in [-0.1, -0.05) is 45.0 Å². The van der Waals surface area contributed by atoms with Gasteiger partial charge in [-0.25, -0.2) is 4.79 Å². The molecule has 3 rings (SSSR count). The lowest BCUT2D eigenvalue weighted by Gasteiger charge is -2.13. The first-order valence-electron chi connectivity index (χ1n) is 12.1. The summed E-state index contributed by atoms with van der Waals surface area (Å²) in [4.78, 5) is 40.3. The first kappa shape index (κ1) is 26.1. The predicted molar refractivity (Wildman–Crippen MR) is 133 cm³/mol. The van der Waals surface area contributed by atoms with Crippen molar-refractivity contribution in [2.24, 2.45) is 11.1 Å². The van der Waals surface area contributed by atoms with Crippen molar-refractivity contribution in [3.63, 3.8) is 0 Å². The van der Waals surface area contributed by atoms with Gasteiger partial charge in [-0.05, 0) is 58.7 Å². The van der Waals surface area contributed by atoms with Gasteiger partial charge < -0.3 is 9.57 Å². The molecule has 1 aliphatic carbocycles. The number of fused-ring (bicyclic) bond motifs is 3. The molecule has 0 saturated carbocycles. The van der Waals surface area contributed by atoms with Gasteiger partial charge in [0, 0.05) is 24.5 Å². The Morgan fingerprint density at radius 3 is 2.34 bits per heavy atom. The molecule has 8 heteroatoms. The van der Waals surface area contributed by atoms with E-state index in [4.69, 9.17) is 9.57 Å². The summed E-state index contributed by atoms with van der Waals surface area (Å²) >= 11 is 0. The van der Waals surface area contributed by atoms with Crippen LogP contribution in [0.2, 0.25) is 0 Å². The van der Waals surface area contributed by atoms with E-state index in [1.54, 1.807) is 12.1 Å². The van der Waals surface area contributed by atoms with E-state index >= 15 is 0 Å². The number of nitro benzene ring substituents is 1. The van der Waals surface area contributed by atoms with Gasteiger partial charge in [0.1, 0.15) is 0 Å². The molecule has 8 nitrogen and oxygen atoms in total. The van der Waals surface area contributed by atoms with E-state index in [1.165, 1.54) is 6.07 Å². The van der Waals surface area contributed by atoms with Gasteiger partial charge in [0.2, 0.25) is 0 Å². The number of hydrogen-bond acceptors (Lipinski definition) is 7. The van der Waals surface area contributed by atoms with Crippen LogP contribution in [0.15, 0.2) is 41.6 Å². The standard InChI is InChI=1S/C27H32N2O6/c1-5-13-34-26(30)12-11-25(28-35-27(31)14-17(3)4)18-7-9-21-22-10-8-19(29(32)33)16-24(22)20(6-2)23(21)15-18/h7-10,15-17,20H,5-6,11-14H2,1-4H3. The number of rotatable bonds is 11. The number of nitrogens with zero attached hydrogens (tertiary/aromatic N) is 2. The molecule has 186 valence electrons. The molecule has 0 bridgehead atoms. The van der Waals surface area contributed by atoms with Crippen LogP contribution in [0.4, 0.5) is 5.69 Å². The summed E-state index contributed by atoms with van der Waals surface area (Å²) in [6.07, 6.45) is 2.11. The Hall–Kier alpha value is -3.55. The molecule has 1 unspecified atom stereocenters. The molecule has 2 aromatic rings. The lowest BCUT2D eigenvalue weighted by molar-refractivity contribution is -0.384. The van der Waals surface area contributed by atoms with Crippen LogP contribution in [0.1, 0.15) is 82.4 Å². The van der Waals surface area contributed by atoms with Gasteiger partial charge >= 0.3 is 11.9 Å². The number of carbonyl (C=O) groups is 2. The van der Waals surface area contributed by atoms with Gasteiger partial charge in [-0.3, -0.25) is 14.9 Å². The molecule has 0 spiro atoms. The van der Waals surface area contributed by atoms with E-state index in [0.29, 0.717) is 12.3 Å². The Morgan fingerprint density at radius 2 is 1.71 bits per heavy atom. The molecule has 1 atom stereocenters. The minimum absolute atomic E-state index is 0.000823. The van der Waals surface area contributed by atoms with E-state index < -0.39 is 5.97 Å². The van der Waals surface area contributed by atoms with Crippen molar-refractivity contribution < 1.29 is 24.1 Å². The van der Waals surface area contributed by atoms with Crippen LogP contribution < -0.4 is 0 Å². The van der Waals surface area contributed by atoms with Crippen molar-refractivity contribution in [2.75, 3.05) is 6.61 Å². The smallest absolute Gasteiger partial charge is 0.335 e. The Labute approximate surface area is 205 Å². The van der Waals surface area contributed by atoms with Crippen LogP contribution in [-0.2, 0) is 19.2 Å². The third-order valence-electron chi connectivity index (χ3n) is 5.95. The molecule has 0 aliphatic heterocycles. The number of non-ortho nitro benzene ring substituents is 1. The van der Waals surface area contributed by atoms with Crippen molar-refractivity contribution in [3.8, 4) is 11.1 Å². The molecule has 0 amide bonds. The monoisotopic (exact) mass is 480 g/mol. The van der Waals surface area contributed by atoms with Crippen LogP contribution in [0.3, 0.4) is 0 Å². The summed E-state index contributed by atoms with van der Waals surface area (Å²) in [6.45, 7) is 8.17. The lowest BCUT2D eigenvalue weighted by atomic mass is 9.92. The maximum Gasteiger partial charge on any atom is 0.335 e. The summed E-state index contributed by atoms with van der Waals surface area (Å²) < 4.78 is 5.18. The molecule has 0 heterocycles. The molecule has 2 aromatic carbocycles. The van der Waals surface area contributed by atoms with Crippen molar-refractivity contribution in [3.05, 3.63) is 63.2 Å². The zero-order valence-electron chi connectivity index (χ0n) is 20.7. The number of oxime groups is 1. The highest BCUT2D eigenvalue weighted by molar-refractivity contribution is 6.02. The number of nitro groups is 1. The zero-order valence-corrected chi connectivity index (χ0v) is 20.7. The van der Waals surface area contributed by atoms with Crippen molar-refractivity contribution >= 4 is 23.3 Å². The van der Waals surface area contributed by atoms with Crippen LogP contribution in [0.25, 0.3) is 11.1 Å². The Bertz CT molecular complexity index is 1140. The molecule has 0 N–H and O–H groups in total. The normalized spacial score (nSPS) is 14.4. The quantitative estimate of drug-likeness (QED) is 0.126. The summed E-state index contributed by atoms with van der Waals surface area (Å²) in [5.74, 6) is -0.629. The average molecular weight is 481 g/mol. The van der Waals surface area contributed by atoms with Gasteiger partial charge in [-0.15, -0.1) is 0 Å². The first-order valence-corrected chi connectivity index (χ1v) is 12.1. The fraction of sp³-hybridized carbons (Fsp3) is 0.444. The van der Waals surface area contributed by atoms with Crippen molar-refractivity contribution in [1.29, 1.82) is 0 Å². The van der Waals surface area contributed by atoms with E-state index in [1.807, 2.05) is 45.9 Å². The fourth-order valence-corrected chi connectivity index (χ4v) is 4.31. The van der Waals surface area contributed by atoms with Crippen LogP contribution >= 0.6 is 0 Å². The number of ether oxygens (including phenoxy) is 1. The second kappa shape index (κ2) is 11.7. The van der Waals surface area contributed by atoms with Gasteiger partial charge in [0.05, 0.1) is 30.1 Å². The van der Waals surface area contributed by atoms with Gasteiger partial charge in [-0.2, -0.15) is 0 Å². The summed E-state index contributed by atoms with van der Waals surface area (Å²) in [6, 6.07) is 10.8. The Morgan fingerprint density at radius 1 is 1.03 bits per heavy atom. The predicted octanol–water partition coefficient (Wildman–Crippen LogP) is 6.14. The maximum atomic E-state index is 12.1. The molecule has 0 radical (unpaired) electrons. The van der Waals surface area contributed by atoms with Gasteiger partial charge in [0.15, 0.2) is 0 Å². The first-order chi connectivity index (χ1) is 16.7. The molecular formula is C27H32N2O6. The molecule has 0 fully saturated rings. The average Bonchev–Trinajstić information content (AvgIpc) is 3.14. The highest BCUT2D eigenvalue weighted by atomic mass is 16.7. The van der Waals surface area contributed by atoms with Crippen LogP contribution in [0, 0.1) is 16.0 Å². The van der Waals surface area contributed by atoms with E-state index in [0.717, 1.165) is 40.7 Å². The maximum absolute atomic E-state index is 12.1. The second-order valence-electron chi connectivity index (χ2n) is 9.11. The number of esters is 1. The van der Waals surface area contributed by atoms with E-state index in [-0.39, 0.29) is 47.7 Å². The topological polar surface area (TPSA) is 108 Å². The largest absolute Gasteiger partial charge is 0.466 e.